The van der Waals surface area contributed by atoms with Gasteiger partial charge in [-0.1, -0.05) is 72.8 Å². The van der Waals surface area contributed by atoms with Crippen LogP contribution in [0.5, 0.6) is 5.75 Å². The largest absolute Gasteiger partial charge is 0.489 e. The maximum Gasteiger partial charge on any atom is 0.119 e. The highest BCUT2D eigenvalue weighted by Gasteiger charge is 2.15. The molecule has 0 unspecified atom stereocenters. The van der Waals surface area contributed by atoms with E-state index in [4.69, 9.17) is 4.74 Å². The quantitative estimate of drug-likeness (QED) is 0.589. The van der Waals surface area contributed by atoms with Crippen molar-refractivity contribution >= 4 is 0 Å². The van der Waals surface area contributed by atoms with Crippen LogP contribution in [0.1, 0.15) is 29.7 Å². The maximum absolute atomic E-state index is 10.6. The third kappa shape index (κ3) is 5.95. The van der Waals surface area contributed by atoms with E-state index < -0.39 is 6.10 Å². The number of benzene rings is 3. The number of hydrogen-bond donors (Lipinski definition) is 2. The second-order valence-electron chi connectivity index (χ2n) is 6.77. The molecule has 3 rings (SSSR count). The van der Waals surface area contributed by atoms with Gasteiger partial charge in [-0.15, -0.1) is 0 Å². The summed E-state index contributed by atoms with van der Waals surface area (Å²) in [6.07, 6.45) is 0.397. The zero-order chi connectivity index (χ0) is 18.9. The molecular formula is C24H27NO2. The molecule has 140 valence electrons. The first-order chi connectivity index (χ1) is 13.2. The van der Waals surface area contributed by atoms with Crippen LogP contribution in [0.25, 0.3) is 0 Å². The van der Waals surface area contributed by atoms with Crippen molar-refractivity contribution in [1.29, 1.82) is 0 Å². The van der Waals surface area contributed by atoms with Crippen LogP contribution in [0, 0.1) is 0 Å². The number of aliphatic hydroxyl groups excluding tert-OH is 1. The minimum atomic E-state index is -0.552. The Hall–Kier alpha value is -2.62. The predicted octanol–water partition coefficient (Wildman–Crippen LogP) is 4.52. The van der Waals surface area contributed by atoms with E-state index in [1.165, 1.54) is 5.56 Å². The Labute approximate surface area is 161 Å². The zero-order valence-corrected chi connectivity index (χ0v) is 15.7. The van der Waals surface area contributed by atoms with Crippen LogP contribution in [0.3, 0.4) is 0 Å². The lowest BCUT2D eigenvalue weighted by atomic mass is 10.0. The molecule has 3 aromatic rings. The van der Waals surface area contributed by atoms with Crippen molar-refractivity contribution in [2.45, 2.75) is 32.1 Å². The second-order valence-corrected chi connectivity index (χ2v) is 6.77. The van der Waals surface area contributed by atoms with Crippen molar-refractivity contribution in [1.82, 2.24) is 5.32 Å². The topological polar surface area (TPSA) is 41.5 Å². The molecule has 27 heavy (non-hydrogen) atoms. The molecular weight excluding hydrogens is 334 g/mol. The van der Waals surface area contributed by atoms with Crippen LogP contribution in [0.2, 0.25) is 0 Å². The van der Waals surface area contributed by atoms with E-state index in [1.807, 2.05) is 67.6 Å². The molecule has 0 spiro atoms. The van der Waals surface area contributed by atoms with Gasteiger partial charge in [-0.2, -0.15) is 0 Å². The molecule has 0 amide bonds. The molecule has 2 atom stereocenters. The predicted molar refractivity (Wildman–Crippen MR) is 110 cm³/mol. The fourth-order valence-corrected chi connectivity index (χ4v) is 2.99. The number of hydrogen-bond acceptors (Lipinski definition) is 3. The summed E-state index contributed by atoms with van der Waals surface area (Å²) in [5.41, 5.74) is 3.33. The molecule has 0 fully saturated rings. The van der Waals surface area contributed by atoms with Gasteiger partial charge in [0.05, 0.1) is 6.10 Å². The Morgan fingerprint density at radius 2 is 1.41 bits per heavy atom. The van der Waals surface area contributed by atoms with E-state index in [1.54, 1.807) is 0 Å². The van der Waals surface area contributed by atoms with E-state index in [-0.39, 0.29) is 6.04 Å². The molecule has 0 saturated carbocycles. The minimum absolute atomic E-state index is 0.0233. The molecule has 0 aliphatic carbocycles. The molecule has 0 saturated heterocycles. The molecule has 3 nitrogen and oxygen atoms in total. The first-order valence-corrected chi connectivity index (χ1v) is 9.44. The molecule has 3 heteroatoms. The summed E-state index contributed by atoms with van der Waals surface area (Å²) in [4.78, 5) is 0. The first kappa shape index (κ1) is 19.2. The van der Waals surface area contributed by atoms with E-state index in [0.717, 1.165) is 29.8 Å². The fourth-order valence-electron chi connectivity index (χ4n) is 2.99. The summed E-state index contributed by atoms with van der Waals surface area (Å²) >= 11 is 0. The average Bonchev–Trinajstić information content (AvgIpc) is 2.73. The second kappa shape index (κ2) is 9.91. The van der Waals surface area contributed by atoms with E-state index in [0.29, 0.717) is 6.61 Å². The van der Waals surface area contributed by atoms with Crippen molar-refractivity contribution in [3.8, 4) is 5.75 Å². The molecule has 2 N–H and O–H groups in total. The van der Waals surface area contributed by atoms with Gasteiger partial charge in [0.2, 0.25) is 0 Å². The van der Waals surface area contributed by atoms with Crippen LogP contribution in [-0.4, -0.2) is 17.7 Å². The summed E-state index contributed by atoms with van der Waals surface area (Å²) in [5.74, 6) is 0.805. The highest BCUT2D eigenvalue weighted by atomic mass is 16.5. The molecule has 3 aromatic carbocycles. The van der Waals surface area contributed by atoms with Crippen LogP contribution < -0.4 is 10.1 Å². The van der Waals surface area contributed by atoms with Gasteiger partial charge >= 0.3 is 0 Å². The summed E-state index contributed by atoms with van der Waals surface area (Å²) in [5, 5.41) is 14.0. The minimum Gasteiger partial charge on any atom is -0.489 e. The number of nitrogens with one attached hydrogen (secondary N) is 1. The van der Waals surface area contributed by atoms with Gasteiger partial charge in [0, 0.05) is 6.04 Å². The molecule has 0 aromatic heterocycles. The van der Waals surface area contributed by atoms with Crippen LogP contribution in [0.4, 0.5) is 0 Å². The lowest BCUT2D eigenvalue weighted by Crippen LogP contribution is -2.33. The van der Waals surface area contributed by atoms with Gasteiger partial charge < -0.3 is 15.2 Å². The normalized spacial score (nSPS) is 13.1. The van der Waals surface area contributed by atoms with Gasteiger partial charge in [-0.05, 0) is 48.7 Å². The summed E-state index contributed by atoms with van der Waals surface area (Å²) < 4.78 is 5.80. The smallest absolute Gasteiger partial charge is 0.119 e. The van der Waals surface area contributed by atoms with E-state index in [9.17, 15) is 5.11 Å². The van der Waals surface area contributed by atoms with Gasteiger partial charge in [-0.3, -0.25) is 0 Å². The van der Waals surface area contributed by atoms with Crippen LogP contribution >= 0.6 is 0 Å². The van der Waals surface area contributed by atoms with Crippen molar-refractivity contribution < 1.29 is 9.84 Å². The third-order valence-electron chi connectivity index (χ3n) is 4.67. The third-order valence-corrected chi connectivity index (χ3v) is 4.67. The Morgan fingerprint density at radius 3 is 2.04 bits per heavy atom. The Bertz CT molecular complexity index is 788. The van der Waals surface area contributed by atoms with Crippen molar-refractivity contribution in [2.24, 2.45) is 0 Å². The van der Waals surface area contributed by atoms with Gasteiger partial charge in [0.15, 0.2) is 0 Å². The highest BCUT2D eigenvalue weighted by molar-refractivity contribution is 5.29. The Morgan fingerprint density at radius 1 is 0.815 bits per heavy atom. The molecule has 0 radical (unpaired) electrons. The van der Waals surface area contributed by atoms with Crippen LogP contribution in [-0.2, 0) is 13.0 Å². The number of ether oxygens (including phenoxy) is 1. The average molecular weight is 361 g/mol. The van der Waals surface area contributed by atoms with Crippen molar-refractivity contribution in [3.63, 3.8) is 0 Å². The number of rotatable bonds is 9. The molecule has 0 aliphatic rings. The van der Waals surface area contributed by atoms with Crippen molar-refractivity contribution in [2.75, 3.05) is 6.54 Å². The summed E-state index contributed by atoms with van der Waals surface area (Å²) in [6, 6.07) is 28.1. The highest BCUT2D eigenvalue weighted by Crippen LogP contribution is 2.21. The lowest BCUT2D eigenvalue weighted by Gasteiger charge is -2.21. The zero-order valence-electron chi connectivity index (χ0n) is 15.7. The van der Waals surface area contributed by atoms with Gasteiger partial charge in [0.25, 0.3) is 0 Å². The van der Waals surface area contributed by atoms with Crippen LogP contribution in [0.15, 0.2) is 84.9 Å². The van der Waals surface area contributed by atoms with Crippen molar-refractivity contribution in [3.05, 3.63) is 102 Å². The monoisotopic (exact) mass is 361 g/mol. The maximum atomic E-state index is 10.6. The summed E-state index contributed by atoms with van der Waals surface area (Å²) in [6.45, 7) is 3.39. The van der Waals surface area contributed by atoms with E-state index >= 15 is 0 Å². The Balaban J connectivity index is 1.46. The molecule has 0 aliphatic heterocycles. The van der Waals surface area contributed by atoms with Gasteiger partial charge in [0.1, 0.15) is 12.4 Å². The standard InChI is InChI=1S/C24H27NO2/c1-19(25-17-16-20-8-4-2-5-9-20)24(26)22-12-14-23(15-13-22)27-18-21-10-6-3-7-11-21/h2-15,19,24-26H,16-18H2,1H3/t19-,24-/m1/s1. The first-order valence-electron chi connectivity index (χ1n) is 9.44. The fraction of sp³-hybridized carbons (Fsp3) is 0.250. The summed E-state index contributed by atoms with van der Waals surface area (Å²) in [7, 11) is 0. The Kier molecular flexibility index (Phi) is 7.03. The van der Waals surface area contributed by atoms with E-state index in [2.05, 4.69) is 29.6 Å². The SMILES string of the molecule is C[C@@H](NCCc1ccccc1)[C@@H](O)c1ccc(OCc2ccccc2)cc1. The lowest BCUT2D eigenvalue weighted by molar-refractivity contribution is 0.136. The number of aliphatic hydroxyl groups is 1. The molecule has 0 heterocycles. The van der Waals surface area contributed by atoms with Gasteiger partial charge in [-0.25, -0.2) is 0 Å². The molecule has 0 bridgehead atoms.